The lowest BCUT2D eigenvalue weighted by Crippen LogP contribution is -2.54. The summed E-state index contributed by atoms with van der Waals surface area (Å²) in [6.07, 6.45) is 4.35. The van der Waals surface area contributed by atoms with Crippen LogP contribution in [0.4, 0.5) is 4.39 Å². The van der Waals surface area contributed by atoms with Gasteiger partial charge in [-0.3, -0.25) is 4.21 Å². The molecule has 0 bridgehead atoms. The van der Waals surface area contributed by atoms with E-state index in [1.165, 1.54) is 0 Å². The van der Waals surface area contributed by atoms with Gasteiger partial charge in [-0.1, -0.05) is 45.4 Å². The van der Waals surface area contributed by atoms with E-state index in [1.54, 1.807) is 20.8 Å². The van der Waals surface area contributed by atoms with Gasteiger partial charge in [-0.15, -0.1) is 0 Å². The van der Waals surface area contributed by atoms with E-state index in [9.17, 15) is 14.1 Å². The lowest BCUT2D eigenvalue weighted by molar-refractivity contribution is -0.154. The molecule has 0 rings (SSSR count). The fourth-order valence-corrected chi connectivity index (χ4v) is 3.71. The van der Waals surface area contributed by atoms with Gasteiger partial charge in [0.2, 0.25) is 0 Å². The van der Waals surface area contributed by atoms with Crippen LogP contribution < -0.4 is 0 Å². The largest absolute Gasteiger partial charge is 0.466 e. The first-order chi connectivity index (χ1) is 10.1. The molecule has 22 heavy (non-hydrogen) atoms. The first-order valence-electron chi connectivity index (χ1n) is 7.99. The van der Waals surface area contributed by atoms with Gasteiger partial charge >= 0.3 is 11.0 Å². The van der Waals surface area contributed by atoms with E-state index in [4.69, 9.17) is 0 Å². The number of halogens is 1. The Labute approximate surface area is 136 Å². The summed E-state index contributed by atoms with van der Waals surface area (Å²) < 4.78 is 30.9. The normalized spacial score (nSPS) is 17.6. The second kappa shape index (κ2) is 9.60. The molecule has 0 heterocycles. The first kappa shape index (κ1) is 21.5. The van der Waals surface area contributed by atoms with Crippen LogP contribution in [-0.2, 0) is 20.3 Å². The molecule has 3 atom stereocenters. The van der Waals surface area contributed by atoms with Gasteiger partial charge in [0.15, 0.2) is 0 Å². The number of esters is 1. The monoisotopic (exact) mass is 338 g/mol. The Balaban J connectivity index is 4.76. The number of unbranched alkanes of at least 4 members (excludes halogenated alkanes) is 5. The van der Waals surface area contributed by atoms with Crippen molar-refractivity contribution in [1.82, 2.24) is 0 Å². The Morgan fingerprint density at radius 1 is 1.18 bits per heavy atom. The van der Waals surface area contributed by atoms with Crippen LogP contribution in [0.25, 0.3) is 0 Å². The fraction of sp³-hybridized carbons (Fsp3) is 0.938. The van der Waals surface area contributed by atoms with Gasteiger partial charge in [0.05, 0.1) is 17.9 Å². The van der Waals surface area contributed by atoms with Crippen LogP contribution in [0.2, 0.25) is 0 Å². The minimum absolute atomic E-state index is 0.0968. The molecule has 0 aliphatic carbocycles. The molecule has 0 amide bonds. The standard InChI is InChI=1S/C16H31FO4S/c1-6-7-8-9-10-11-12-13(18)16(17,14(19)21-5)22(20)15(2,3)4/h13,18H,6-12H2,1-5H3/t13-,16-,22?/m0/s1. The van der Waals surface area contributed by atoms with Crippen molar-refractivity contribution >= 4 is 16.8 Å². The van der Waals surface area contributed by atoms with E-state index < -0.39 is 32.6 Å². The summed E-state index contributed by atoms with van der Waals surface area (Å²) in [5.74, 6) is -1.26. The highest BCUT2D eigenvalue weighted by Gasteiger charge is 2.55. The minimum Gasteiger partial charge on any atom is -0.466 e. The van der Waals surface area contributed by atoms with Crippen LogP contribution in [0.3, 0.4) is 0 Å². The number of aliphatic hydroxyl groups is 1. The number of alkyl halides is 1. The average Bonchev–Trinajstić information content (AvgIpc) is 2.46. The summed E-state index contributed by atoms with van der Waals surface area (Å²) in [5, 5.41) is 7.26. The number of hydrogen-bond donors (Lipinski definition) is 1. The van der Waals surface area contributed by atoms with E-state index >= 15 is 4.39 Å². The Morgan fingerprint density at radius 3 is 2.14 bits per heavy atom. The summed E-state index contributed by atoms with van der Waals surface area (Å²) in [6, 6.07) is 0. The van der Waals surface area contributed by atoms with Crippen LogP contribution in [0.5, 0.6) is 0 Å². The Bertz CT molecular complexity index is 368. The van der Waals surface area contributed by atoms with Crippen molar-refractivity contribution in [2.45, 2.75) is 88.5 Å². The zero-order valence-electron chi connectivity index (χ0n) is 14.5. The Morgan fingerprint density at radius 2 is 1.68 bits per heavy atom. The van der Waals surface area contributed by atoms with Crippen LogP contribution in [0.1, 0.15) is 72.6 Å². The topological polar surface area (TPSA) is 63.6 Å². The molecule has 0 spiro atoms. The lowest BCUT2D eigenvalue weighted by atomic mass is 10.0. The molecule has 1 unspecified atom stereocenters. The quantitative estimate of drug-likeness (QED) is 0.489. The van der Waals surface area contributed by atoms with Gasteiger partial charge < -0.3 is 9.84 Å². The molecular formula is C16H31FO4S. The maximum Gasteiger partial charge on any atom is 0.359 e. The molecule has 6 heteroatoms. The molecule has 4 nitrogen and oxygen atoms in total. The van der Waals surface area contributed by atoms with Crippen molar-refractivity contribution in [2.75, 3.05) is 7.11 Å². The summed E-state index contributed by atoms with van der Waals surface area (Å²) in [5.41, 5.74) is 0. The molecule has 0 aromatic heterocycles. The molecular weight excluding hydrogens is 307 g/mol. The molecule has 0 radical (unpaired) electrons. The zero-order chi connectivity index (χ0) is 17.4. The van der Waals surface area contributed by atoms with Gasteiger partial charge in [0.1, 0.15) is 6.10 Å². The highest BCUT2D eigenvalue weighted by molar-refractivity contribution is 7.88. The molecule has 132 valence electrons. The second-order valence-corrected chi connectivity index (χ2v) is 8.95. The Kier molecular flexibility index (Phi) is 9.39. The summed E-state index contributed by atoms with van der Waals surface area (Å²) in [7, 11) is -1.17. The van der Waals surface area contributed by atoms with Crippen LogP contribution >= 0.6 is 0 Å². The number of aliphatic hydroxyl groups excluding tert-OH is 1. The number of carbonyl (C=O) groups is 1. The smallest absolute Gasteiger partial charge is 0.359 e. The van der Waals surface area contributed by atoms with E-state index in [2.05, 4.69) is 11.7 Å². The molecule has 1 N–H and O–H groups in total. The van der Waals surface area contributed by atoms with Gasteiger partial charge in [-0.25, -0.2) is 9.18 Å². The van der Waals surface area contributed by atoms with Crippen LogP contribution in [0.15, 0.2) is 0 Å². The van der Waals surface area contributed by atoms with Crippen molar-refractivity contribution in [3.63, 3.8) is 0 Å². The van der Waals surface area contributed by atoms with Gasteiger partial charge in [0, 0.05) is 4.75 Å². The van der Waals surface area contributed by atoms with Crippen molar-refractivity contribution in [3.05, 3.63) is 0 Å². The molecule has 0 saturated carbocycles. The molecule has 0 aromatic carbocycles. The van der Waals surface area contributed by atoms with E-state index in [1.807, 2.05) is 0 Å². The van der Waals surface area contributed by atoms with Gasteiger partial charge in [-0.2, -0.15) is 0 Å². The molecule has 0 fully saturated rings. The van der Waals surface area contributed by atoms with Crippen molar-refractivity contribution < 1.29 is 23.2 Å². The van der Waals surface area contributed by atoms with Crippen molar-refractivity contribution in [1.29, 1.82) is 0 Å². The maximum atomic E-state index is 15.1. The van der Waals surface area contributed by atoms with Crippen molar-refractivity contribution in [2.24, 2.45) is 0 Å². The highest BCUT2D eigenvalue weighted by Crippen LogP contribution is 2.33. The fourth-order valence-electron chi connectivity index (χ4n) is 2.22. The summed E-state index contributed by atoms with van der Waals surface area (Å²) in [6.45, 7) is 6.83. The predicted molar refractivity (Wildman–Crippen MR) is 87.8 cm³/mol. The number of methoxy groups -OCH3 is 1. The lowest BCUT2D eigenvalue weighted by Gasteiger charge is -2.32. The average molecular weight is 338 g/mol. The third-order valence-electron chi connectivity index (χ3n) is 3.55. The number of ether oxygens (including phenoxy) is 1. The molecule has 0 aliphatic rings. The van der Waals surface area contributed by atoms with Crippen LogP contribution in [0, 0.1) is 0 Å². The highest BCUT2D eigenvalue weighted by atomic mass is 32.2. The Hall–Kier alpha value is -0.490. The number of rotatable bonds is 10. The van der Waals surface area contributed by atoms with Crippen molar-refractivity contribution in [3.8, 4) is 0 Å². The van der Waals surface area contributed by atoms with Gasteiger partial charge in [0.25, 0.3) is 0 Å². The zero-order valence-corrected chi connectivity index (χ0v) is 15.3. The van der Waals surface area contributed by atoms with Gasteiger partial charge in [-0.05, 0) is 27.2 Å². The number of hydrogen-bond acceptors (Lipinski definition) is 4. The minimum atomic E-state index is -2.88. The third-order valence-corrected chi connectivity index (χ3v) is 5.64. The van der Waals surface area contributed by atoms with Crippen LogP contribution in [-0.4, -0.2) is 38.2 Å². The molecule has 0 aliphatic heterocycles. The molecule has 0 aromatic rings. The molecule has 0 saturated heterocycles. The maximum absolute atomic E-state index is 15.1. The van der Waals surface area contributed by atoms with E-state index in [0.717, 1.165) is 39.2 Å². The first-order valence-corrected chi connectivity index (χ1v) is 9.14. The summed E-state index contributed by atoms with van der Waals surface area (Å²) in [4.78, 5) is 11.8. The second-order valence-electron chi connectivity index (χ2n) is 6.59. The number of carbonyl (C=O) groups excluding carboxylic acids is 1. The van der Waals surface area contributed by atoms with E-state index in [0.29, 0.717) is 6.42 Å². The summed E-state index contributed by atoms with van der Waals surface area (Å²) >= 11 is 0. The SMILES string of the molecule is CCCCCCCC[C@H](O)[C@@](F)(C(=O)OC)S(=O)C(C)(C)C. The van der Waals surface area contributed by atoms with E-state index in [-0.39, 0.29) is 6.42 Å². The third kappa shape index (κ3) is 5.95. The predicted octanol–water partition coefficient (Wildman–Crippen LogP) is 3.48.